The molecular formula is C13H17NO3. The molecule has 1 aromatic carbocycles. The van der Waals surface area contributed by atoms with Gasteiger partial charge in [0.25, 0.3) is 0 Å². The summed E-state index contributed by atoms with van der Waals surface area (Å²) >= 11 is 0. The van der Waals surface area contributed by atoms with Crippen LogP contribution in [0.1, 0.15) is 12.0 Å². The first-order valence-corrected chi connectivity index (χ1v) is 5.76. The molecule has 0 amide bonds. The van der Waals surface area contributed by atoms with Crippen molar-refractivity contribution >= 4 is 5.97 Å². The molecule has 0 spiro atoms. The van der Waals surface area contributed by atoms with Crippen molar-refractivity contribution < 1.29 is 14.6 Å². The van der Waals surface area contributed by atoms with Gasteiger partial charge in [-0.15, -0.1) is 0 Å². The molecule has 2 rings (SSSR count). The smallest absolute Gasteiger partial charge is 0.325 e. The second-order valence-electron chi connectivity index (χ2n) is 4.28. The second kappa shape index (κ2) is 5.29. The molecule has 0 saturated carbocycles. The van der Waals surface area contributed by atoms with Crippen LogP contribution in [0.25, 0.3) is 0 Å². The molecule has 1 aliphatic rings. The number of aliphatic hydroxyl groups is 1. The maximum atomic E-state index is 11.6. The predicted octanol–water partition coefficient (Wildman–Crippen LogP) is 0.795. The number of rotatable bonds is 3. The lowest BCUT2D eigenvalue weighted by Gasteiger charge is -2.23. The number of ether oxygens (including phenoxy) is 1. The zero-order valence-corrected chi connectivity index (χ0v) is 9.87. The monoisotopic (exact) mass is 235 g/mol. The Bertz CT molecular complexity index is 380. The first-order valence-electron chi connectivity index (χ1n) is 5.76. The van der Waals surface area contributed by atoms with E-state index in [1.54, 1.807) is 0 Å². The van der Waals surface area contributed by atoms with E-state index in [-0.39, 0.29) is 5.97 Å². The molecule has 1 aliphatic heterocycles. The van der Waals surface area contributed by atoms with Gasteiger partial charge in [-0.1, -0.05) is 30.3 Å². The Morgan fingerprint density at radius 2 is 2.18 bits per heavy atom. The van der Waals surface area contributed by atoms with Gasteiger partial charge >= 0.3 is 5.97 Å². The Balaban J connectivity index is 2.07. The molecule has 92 valence electrons. The summed E-state index contributed by atoms with van der Waals surface area (Å²) in [4.78, 5) is 13.6. The summed E-state index contributed by atoms with van der Waals surface area (Å²) in [5.41, 5.74) is 1.13. The minimum Gasteiger partial charge on any atom is -0.468 e. The van der Waals surface area contributed by atoms with Crippen molar-refractivity contribution in [2.24, 2.45) is 0 Å². The summed E-state index contributed by atoms with van der Waals surface area (Å²) < 4.78 is 4.73. The van der Waals surface area contributed by atoms with E-state index in [1.807, 2.05) is 35.2 Å². The molecule has 0 bridgehead atoms. The Hall–Kier alpha value is -1.39. The van der Waals surface area contributed by atoms with Gasteiger partial charge in [0.15, 0.2) is 0 Å². The fraction of sp³-hybridized carbons (Fsp3) is 0.462. The number of esters is 1. The summed E-state index contributed by atoms with van der Waals surface area (Å²) in [6, 6.07) is 9.39. The SMILES string of the molecule is COC(=O)[C@@H]1C(O)CCN1Cc1ccccc1. The van der Waals surface area contributed by atoms with Crippen LogP contribution in [0.2, 0.25) is 0 Å². The Morgan fingerprint density at radius 3 is 2.82 bits per heavy atom. The van der Waals surface area contributed by atoms with Crippen LogP contribution in [0.15, 0.2) is 30.3 Å². The van der Waals surface area contributed by atoms with E-state index in [0.717, 1.165) is 12.1 Å². The highest BCUT2D eigenvalue weighted by molar-refractivity contribution is 5.76. The normalized spacial score (nSPS) is 24.8. The van der Waals surface area contributed by atoms with E-state index < -0.39 is 12.1 Å². The number of methoxy groups -OCH3 is 1. The highest BCUT2D eigenvalue weighted by Crippen LogP contribution is 2.21. The van der Waals surface area contributed by atoms with Gasteiger partial charge in [0.1, 0.15) is 6.04 Å². The molecule has 0 aliphatic carbocycles. The van der Waals surface area contributed by atoms with Crippen LogP contribution in [0.4, 0.5) is 0 Å². The van der Waals surface area contributed by atoms with Crippen molar-refractivity contribution in [1.29, 1.82) is 0 Å². The highest BCUT2D eigenvalue weighted by Gasteiger charge is 2.38. The van der Waals surface area contributed by atoms with Gasteiger partial charge in [-0.25, -0.2) is 0 Å². The molecule has 1 aromatic rings. The summed E-state index contributed by atoms with van der Waals surface area (Å²) in [7, 11) is 1.36. The zero-order chi connectivity index (χ0) is 12.3. The second-order valence-corrected chi connectivity index (χ2v) is 4.28. The van der Waals surface area contributed by atoms with Crippen LogP contribution in [-0.4, -0.2) is 41.8 Å². The molecule has 1 fully saturated rings. The molecule has 1 unspecified atom stereocenters. The molecule has 4 heteroatoms. The topological polar surface area (TPSA) is 49.8 Å². The van der Waals surface area contributed by atoms with E-state index >= 15 is 0 Å². The van der Waals surface area contributed by atoms with E-state index in [0.29, 0.717) is 13.0 Å². The average molecular weight is 235 g/mol. The van der Waals surface area contributed by atoms with Crippen molar-refractivity contribution in [3.8, 4) is 0 Å². The minimum atomic E-state index is -0.619. The van der Waals surface area contributed by atoms with Crippen LogP contribution in [0, 0.1) is 0 Å². The minimum absolute atomic E-state index is 0.356. The number of aliphatic hydroxyl groups excluding tert-OH is 1. The third kappa shape index (κ3) is 2.65. The van der Waals surface area contributed by atoms with Crippen molar-refractivity contribution in [2.45, 2.75) is 25.1 Å². The number of hydrogen-bond acceptors (Lipinski definition) is 4. The number of carbonyl (C=O) groups is 1. The first-order chi connectivity index (χ1) is 8.22. The number of hydrogen-bond donors (Lipinski definition) is 1. The molecule has 1 N–H and O–H groups in total. The van der Waals surface area contributed by atoms with Crippen LogP contribution < -0.4 is 0 Å². The van der Waals surface area contributed by atoms with Crippen molar-refractivity contribution in [1.82, 2.24) is 4.90 Å². The van der Waals surface area contributed by atoms with Crippen molar-refractivity contribution in [3.63, 3.8) is 0 Å². The Labute approximate surface area is 101 Å². The number of carbonyl (C=O) groups excluding carboxylic acids is 1. The predicted molar refractivity (Wildman–Crippen MR) is 63.3 cm³/mol. The van der Waals surface area contributed by atoms with Crippen molar-refractivity contribution in [2.75, 3.05) is 13.7 Å². The molecular weight excluding hydrogens is 218 g/mol. The van der Waals surface area contributed by atoms with E-state index in [2.05, 4.69) is 0 Å². The molecule has 2 atom stereocenters. The van der Waals surface area contributed by atoms with Gasteiger partial charge in [-0.05, 0) is 12.0 Å². The maximum absolute atomic E-state index is 11.6. The quantitative estimate of drug-likeness (QED) is 0.787. The maximum Gasteiger partial charge on any atom is 0.325 e. The number of likely N-dealkylation sites (tertiary alicyclic amines) is 1. The van der Waals surface area contributed by atoms with Crippen LogP contribution >= 0.6 is 0 Å². The zero-order valence-electron chi connectivity index (χ0n) is 9.87. The molecule has 1 saturated heterocycles. The van der Waals surface area contributed by atoms with E-state index in [9.17, 15) is 9.90 Å². The summed E-state index contributed by atoms with van der Waals surface area (Å²) in [6.07, 6.45) is -0.00164. The number of benzene rings is 1. The third-order valence-electron chi connectivity index (χ3n) is 3.14. The fourth-order valence-corrected chi connectivity index (χ4v) is 2.26. The highest BCUT2D eigenvalue weighted by atomic mass is 16.5. The summed E-state index contributed by atoms with van der Waals surface area (Å²) in [6.45, 7) is 1.38. The van der Waals surface area contributed by atoms with Gasteiger partial charge < -0.3 is 9.84 Å². The molecule has 4 nitrogen and oxygen atoms in total. The largest absolute Gasteiger partial charge is 0.468 e. The molecule has 0 radical (unpaired) electrons. The first kappa shape index (κ1) is 12.1. The molecule has 0 aromatic heterocycles. The third-order valence-corrected chi connectivity index (χ3v) is 3.14. The van der Waals surface area contributed by atoms with Gasteiger partial charge in [-0.3, -0.25) is 9.69 Å². The number of nitrogens with zero attached hydrogens (tertiary/aromatic N) is 1. The summed E-state index contributed by atoms with van der Waals surface area (Å²) in [5.74, 6) is -0.356. The standard InChI is InChI=1S/C13H17NO3/c1-17-13(16)12-11(15)7-8-14(12)9-10-5-3-2-4-6-10/h2-6,11-12,15H,7-9H2,1H3/t11?,12-/m0/s1. The van der Waals surface area contributed by atoms with Gasteiger partial charge in [0.05, 0.1) is 13.2 Å². The van der Waals surface area contributed by atoms with Crippen LogP contribution in [0.5, 0.6) is 0 Å². The average Bonchev–Trinajstić information content (AvgIpc) is 2.71. The lowest BCUT2D eigenvalue weighted by molar-refractivity contribution is -0.148. The van der Waals surface area contributed by atoms with E-state index in [4.69, 9.17) is 4.74 Å². The Morgan fingerprint density at radius 1 is 1.47 bits per heavy atom. The van der Waals surface area contributed by atoms with Crippen LogP contribution in [-0.2, 0) is 16.1 Å². The van der Waals surface area contributed by atoms with Gasteiger partial charge in [0.2, 0.25) is 0 Å². The summed E-state index contributed by atoms with van der Waals surface area (Å²) in [5, 5.41) is 9.80. The lowest BCUT2D eigenvalue weighted by atomic mass is 10.1. The van der Waals surface area contributed by atoms with Gasteiger partial charge in [0, 0.05) is 13.1 Å². The Kier molecular flexibility index (Phi) is 3.76. The van der Waals surface area contributed by atoms with Crippen LogP contribution in [0.3, 0.4) is 0 Å². The van der Waals surface area contributed by atoms with E-state index in [1.165, 1.54) is 7.11 Å². The molecule has 17 heavy (non-hydrogen) atoms. The lowest BCUT2D eigenvalue weighted by Crippen LogP contribution is -2.42. The van der Waals surface area contributed by atoms with Gasteiger partial charge in [-0.2, -0.15) is 0 Å². The van der Waals surface area contributed by atoms with Crippen molar-refractivity contribution in [3.05, 3.63) is 35.9 Å². The molecule has 1 heterocycles. The fourth-order valence-electron chi connectivity index (χ4n) is 2.26.